The minimum absolute atomic E-state index is 0.0830. The topological polar surface area (TPSA) is 52.6 Å². The third-order valence-electron chi connectivity index (χ3n) is 14.4. The van der Waals surface area contributed by atoms with Gasteiger partial charge in [0.2, 0.25) is 0 Å². The van der Waals surface area contributed by atoms with Crippen LogP contribution in [0.2, 0.25) is 0 Å². The first-order valence-electron chi connectivity index (χ1n) is 20.7. The maximum Gasteiger partial charge on any atom is 0.335 e. The van der Waals surface area contributed by atoms with E-state index in [-0.39, 0.29) is 5.41 Å². The molecule has 6 aliphatic rings. The smallest absolute Gasteiger partial charge is 0.335 e. The molecule has 0 bridgehead atoms. The number of carboxylic acids is 1. The Bertz CT molecular complexity index is 1400. The monoisotopic (exact) mass is 755 g/mol. The van der Waals surface area contributed by atoms with Crippen molar-refractivity contribution in [2.45, 2.75) is 131 Å². The number of hydrogen-bond acceptors (Lipinski definition) is 4. The normalized spacial score (nSPS) is 34.1. The summed E-state index contributed by atoms with van der Waals surface area (Å²) in [5.74, 6) is 4.60. The van der Waals surface area contributed by atoms with Crippen LogP contribution in [0.25, 0.3) is 5.57 Å². The lowest BCUT2D eigenvalue weighted by Gasteiger charge is -2.68. The first-order valence-corrected chi connectivity index (χ1v) is 21.7. The summed E-state index contributed by atoms with van der Waals surface area (Å²) in [7, 11) is 0. The van der Waals surface area contributed by atoms with Crippen LogP contribution in [0.1, 0.15) is 141 Å². The second kappa shape index (κ2) is 21.4. The van der Waals surface area contributed by atoms with E-state index < -0.39 is 5.97 Å². The van der Waals surface area contributed by atoms with Gasteiger partial charge in [0, 0.05) is 30.9 Å². The molecule has 5 heteroatoms. The van der Waals surface area contributed by atoms with Crippen molar-refractivity contribution in [3.05, 3.63) is 54.1 Å². The number of terminal acetylenes is 3. The van der Waals surface area contributed by atoms with Crippen molar-refractivity contribution in [3.8, 4) is 38.5 Å². The van der Waals surface area contributed by atoms with Gasteiger partial charge in [0.1, 0.15) is 0 Å². The largest absolute Gasteiger partial charge is 0.478 e. The van der Waals surface area contributed by atoms with Gasteiger partial charge in [-0.25, -0.2) is 9.10 Å². The van der Waals surface area contributed by atoms with Crippen LogP contribution in [0.4, 0.5) is 0 Å². The molecule has 1 heterocycles. The summed E-state index contributed by atoms with van der Waals surface area (Å²) < 4.78 is 2.63. The number of aromatic carboxylic acids is 1. The van der Waals surface area contributed by atoms with Gasteiger partial charge >= 0.3 is 5.97 Å². The molecule has 1 aliphatic heterocycles. The van der Waals surface area contributed by atoms with Gasteiger partial charge in [-0.3, -0.25) is 0 Å². The fourth-order valence-electron chi connectivity index (χ4n) is 12.7. The lowest BCUT2D eigenvalue weighted by molar-refractivity contribution is -0.172. The minimum atomic E-state index is -0.844. The number of nitrogens with one attached hydrogen (secondary N) is 1. The molecule has 54 heavy (non-hydrogen) atoms. The molecule has 2 N–H and O–H groups in total. The Hall–Kier alpha value is -2.88. The van der Waals surface area contributed by atoms with Gasteiger partial charge in [-0.15, -0.1) is 45.1 Å². The maximum absolute atomic E-state index is 11.5. The molecule has 5 fully saturated rings. The summed E-state index contributed by atoms with van der Waals surface area (Å²) in [4.78, 5) is 11.5. The van der Waals surface area contributed by atoms with E-state index in [0.29, 0.717) is 27.9 Å². The number of fused-ring (bicyclic) bond motifs is 7. The van der Waals surface area contributed by atoms with Gasteiger partial charge < -0.3 is 10.4 Å². The van der Waals surface area contributed by atoms with Crippen molar-refractivity contribution >= 4 is 23.5 Å². The van der Waals surface area contributed by atoms with E-state index in [2.05, 4.69) is 100 Å². The third-order valence-corrected chi connectivity index (χ3v) is 15.6. The lowest BCUT2D eigenvalue weighted by Crippen LogP contribution is -2.63. The first kappa shape index (κ1) is 47.3. The summed E-state index contributed by atoms with van der Waals surface area (Å²) >= 11 is 2.08. The summed E-state index contributed by atoms with van der Waals surface area (Å²) in [5.41, 5.74) is 4.31. The molecule has 1 aromatic rings. The molecular formula is C49H74N2O2S. The number of hydrogen-bond donors (Lipinski definition) is 2. The highest BCUT2D eigenvalue weighted by Gasteiger charge is 2.65. The molecule has 0 amide bonds. The molecule has 1 saturated heterocycles. The van der Waals surface area contributed by atoms with Crippen molar-refractivity contribution in [3.63, 3.8) is 0 Å². The lowest BCUT2D eigenvalue weighted by atomic mass is 9.37. The van der Waals surface area contributed by atoms with Crippen LogP contribution in [0.3, 0.4) is 0 Å². The van der Waals surface area contributed by atoms with E-state index in [4.69, 9.17) is 0 Å². The molecule has 0 spiro atoms. The molecule has 8 atom stereocenters. The van der Waals surface area contributed by atoms with E-state index >= 15 is 0 Å². The highest BCUT2D eigenvalue weighted by atomic mass is 32.2. The summed E-state index contributed by atoms with van der Waals surface area (Å²) in [6.07, 6.45) is 44.9. The van der Waals surface area contributed by atoms with Crippen LogP contribution in [0.5, 0.6) is 0 Å². The quantitative estimate of drug-likeness (QED) is 0.172. The van der Waals surface area contributed by atoms with E-state index in [1.54, 1.807) is 18.2 Å². The number of carbonyl (C=O) groups is 1. The molecule has 7 rings (SSSR count). The summed E-state index contributed by atoms with van der Waals surface area (Å²) in [5, 5.41) is 13.7. The Morgan fingerprint density at radius 1 is 0.870 bits per heavy atom. The second-order valence-electron chi connectivity index (χ2n) is 16.9. The van der Waals surface area contributed by atoms with Gasteiger partial charge in [0.25, 0.3) is 0 Å². The number of carboxylic acid groups (broad SMARTS) is 1. The van der Waals surface area contributed by atoms with Crippen LogP contribution in [0.15, 0.2) is 43.0 Å². The van der Waals surface area contributed by atoms with E-state index in [1.807, 2.05) is 32.9 Å². The van der Waals surface area contributed by atoms with Crippen molar-refractivity contribution < 1.29 is 9.90 Å². The zero-order valence-corrected chi connectivity index (χ0v) is 35.9. The van der Waals surface area contributed by atoms with Crippen LogP contribution in [0, 0.1) is 84.4 Å². The molecule has 298 valence electrons. The average molecular weight is 755 g/mol. The molecule has 4 saturated carbocycles. The fraction of sp³-hybridized carbons (Fsp3) is 0.653. The summed E-state index contributed by atoms with van der Waals surface area (Å²) in [6.45, 7) is 23.3. The standard InChI is InChI=1S/C38H56N2O2S.C3H6.C2H6.3C2H2/c1-35(2)29(26-9-11-27(12-10-26)34(41)42)15-19-37(4)32(35)17-20-36(3)30-16-21-38(39-22-24-40-23-5-6-25-43-40)18-7-8-31(38)28(30)13-14-33(36)37;1-3-2;4*1-2/h9-12,15,28,30-33,39H,5-8,13-14,16-25H2,1-4H3,(H,41,42);3H,1H2,2H3;1-2H3;3*1-2H/t28-,30?,31?,32?,33?,36-,37-,38-;;;;;/m0...../s1. The molecule has 1 aromatic carbocycles. The Labute approximate surface area is 336 Å². The van der Waals surface area contributed by atoms with Crippen LogP contribution in [-0.2, 0) is 0 Å². The van der Waals surface area contributed by atoms with Gasteiger partial charge in [-0.2, -0.15) is 0 Å². The molecule has 0 aromatic heterocycles. The molecule has 4 unspecified atom stereocenters. The maximum atomic E-state index is 11.5. The Morgan fingerprint density at radius 3 is 2.11 bits per heavy atom. The van der Waals surface area contributed by atoms with E-state index in [9.17, 15) is 9.90 Å². The number of rotatable bonds is 6. The van der Waals surface area contributed by atoms with Crippen LogP contribution >= 0.6 is 11.9 Å². The van der Waals surface area contributed by atoms with Crippen molar-refractivity contribution in [2.24, 2.45) is 45.8 Å². The number of benzene rings is 1. The van der Waals surface area contributed by atoms with Gasteiger partial charge in [0.05, 0.1) is 5.56 Å². The number of nitrogens with zero attached hydrogens (tertiary/aromatic N) is 1. The van der Waals surface area contributed by atoms with Crippen molar-refractivity contribution in [1.82, 2.24) is 9.62 Å². The van der Waals surface area contributed by atoms with Gasteiger partial charge in [-0.1, -0.05) is 84.2 Å². The van der Waals surface area contributed by atoms with Crippen LogP contribution in [-0.4, -0.2) is 46.3 Å². The highest BCUT2D eigenvalue weighted by Crippen LogP contribution is 2.72. The van der Waals surface area contributed by atoms with Gasteiger partial charge in [-0.05, 0) is 147 Å². The predicted molar refractivity (Wildman–Crippen MR) is 236 cm³/mol. The predicted octanol–water partition coefficient (Wildman–Crippen LogP) is 11.9. The average Bonchev–Trinajstić information content (AvgIpc) is 3.63. The number of allylic oxidation sites excluding steroid dienone is 3. The Kier molecular flexibility index (Phi) is 18.8. The zero-order chi connectivity index (χ0) is 40.7. The molecule has 5 aliphatic carbocycles. The highest BCUT2D eigenvalue weighted by molar-refractivity contribution is 7.97. The molecule has 0 radical (unpaired) electrons. The first-order chi connectivity index (χ1) is 26.0. The summed E-state index contributed by atoms with van der Waals surface area (Å²) in [6, 6.07) is 7.67. The Morgan fingerprint density at radius 2 is 1.52 bits per heavy atom. The van der Waals surface area contributed by atoms with E-state index in [1.165, 1.54) is 107 Å². The Balaban J connectivity index is 0.000000838. The van der Waals surface area contributed by atoms with Crippen LogP contribution < -0.4 is 5.32 Å². The molecule has 4 nitrogen and oxygen atoms in total. The third kappa shape index (κ3) is 9.38. The van der Waals surface area contributed by atoms with E-state index in [0.717, 1.165) is 30.1 Å². The van der Waals surface area contributed by atoms with Crippen molar-refractivity contribution in [1.29, 1.82) is 0 Å². The van der Waals surface area contributed by atoms with Gasteiger partial charge in [0.15, 0.2) is 0 Å². The van der Waals surface area contributed by atoms with Crippen molar-refractivity contribution in [2.75, 3.05) is 25.4 Å². The SMILES string of the molecule is C#C.C#C.C#C.C=CC.CC.CC1(C)C(c2ccc(C(=O)O)cc2)=CC[C@@]2(C)C1CC[C@@]1(C)C3CC[C@@]4(NCCN5CCCCS5)CCCC4[C@H]3CCC12. The minimum Gasteiger partial charge on any atom is -0.478 e. The molecular weight excluding hydrogens is 681 g/mol. The second-order valence-corrected chi connectivity index (χ2v) is 18.1. The fourth-order valence-corrected chi connectivity index (χ4v) is 13.7. The zero-order valence-electron chi connectivity index (χ0n) is 35.0.